The summed E-state index contributed by atoms with van der Waals surface area (Å²) in [5.74, 6) is 0.985. The highest BCUT2D eigenvalue weighted by molar-refractivity contribution is 14.0. The number of nitrogens with one attached hydrogen (secondary N) is 1. The third-order valence-electron chi connectivity index (χ3n) is 4.79. The van der Waals surface area contributed by atoms with Crippen molar-refractivity contribution in [2.75, 3.05) is 33.4 Å². The second kappa shape index (κ2) is 11.8. The molecule has 1 N–H and O–H groups in total. The van der Waals surface area contributed by atoms with Gasteiger partial charge in [-0.1, -0.05) is 0 Å². The number of piperidine rings is 1. The summed E-state index contributed by atoms with van der Waals surface area (Å²) in [4.78, 5) is 8.08. The molecule has 1 aromatic rings. The normalized spacial score (nSPS) is 22.2. The van der Waals surface area contributed by atoms with E-state index in [1.54, 1.807) is 11.3 Å². The van der Waals surface area contributed by atoms with Crippen LogP contribution in [0.5, 0.6) is 0 Å². The lowest BCUT2D eigenvalue weighted by molar-refractivity contribution is -0.0721. The minimum absolute atomic E-state index is 0. The van der Waals surface area contributed by atoms with Crippen molar-refractivity contribution in [3.05, 3.63) is 20.8 Å². The highest BCUT2D eigenvalue weighted by Gasteiger charge is 2.23. The van der Waals surface area contributed by atoms with Crippen molar-refractivity contribution in [1.29, 1.82) is 0 Å². The number of hydrogen-bond acceptors (Lipinski definition) is 4. The Kier molecular flexibility index (Phi) is 10.2. The molecule has 0 bridgehead atoms. The van der Waals surface area contributed by atoms with Gasteiger partial charge in [-0.05, 0) is 60.2 Å². The van der Waals surface area contributed by atoms with E-state index < -0.39 is 0 Å². The number of rotatable bonds is 5. The highest BCUT2D eigenvalue weighted by Crippen LogP contribution is 2.22. The molecule has 3 rings (SSSR count). The topological polar surface area (TPSA) is 46.1 Å². The fourth-order valence-electron chi connectivity index (χ4n) is 3.36. The second-order valence-corrected chi connectivity index (χ2v) is 9.16. The quantitative estimate of drug-likeness (QED) is 0.334. The van der Waals surface area contributed by atoms with Crippen LogP contribution in [0.1, 0.15) is 37.0 Å². The van der Waals surface area contributed by atoms with E-state index in [2.05, 4.69) is 43.3 Å². The van der Waals surface area contributed by atoms with Gasteiger partial charge in [0.05, 0.1) is 29.1 Å². The van der Waals surface area contributed by atoms with E-state index in [4.69, 9.17) is 9.47 Å². The molecule has 8 heteroatoms. The summed E-state index contributed by atoms with van der Waals surface area (Å²) >= 11 is 5.27. The standard InChI is InChI=1S/C18H28BrN3O2S.HI/c1-20-18(21-12-16-5-6-17(19)25-16)22-9-7-14(8-10-22)24-13-15-4-2-3-11-23-15;/h5-6,14-15H,2-4,7-13H2,1H3,(H,20,21);1H. The molecule has 0 spiro atoms. The molecule has 1 aromatic heterocycles. The van der Waals surface area contributed by atoms with Gasteiger partial charge in [-0.25, -0.2) is 0 Å². The van der Waals surface area contributed by atoms with Crippen LogP contribution in [0.4, 0.5) is 0 Å². The number of guanidine groups is 1. The van der Waals surface area contributed by atoms with E-state index in [0.29, 0.717) is 12.2 Å². The van der Waals surface area contributed by atoms with Gasteiger partial charge < -0.3 is 19.7 Å². The zero-order valence-corrected chi connectivity index (χ0v) is 20.0. The van der Waals surface area contributed by atoms with Crippen molar-refractivity contribution in [2.45, 2.75) is 50.9 Å². The zero-order chi connectivity index (χ0) is 17.5. The van der Waals surface area contributed by atoms with Gasteiger partial charge in [0, 0.05) is 31.6 Å². The molecule has 1 atom stereocenters. The number of likely N-dealkylation sites (tertiary alicyclic amines) is 1. The minimum atomic E-state index is 0. The van der Waals surface area contributed by atoms with E-state index in [0.717, 1.165) is 58.1 Å². The Hall–Kier alpha value is 0.1000. The minimum Gasteiger partial charge on any atom is -0.376 e. The second-order valence-electron chi connectivity index (χ2n) is 6.61. The first-order chi connectivity index (χ1) is 12.2. The van der Waals surface area contributed by atoms with Crippen LogP contribution in [0.15, 0.2) is 20.9 Å². The van der Waals surface area contributed by atoms with Crippen LogP contribution in [0, 0.1) is 0 Å². The number of hydrogen-bond donors (Lipinski definition) is 1. The maximum Gasteiger partial charge on any atom is 0.193 e. The first-order valence-corrected chi connectivity index (χ1v) is 10.8. The van der Waals surface area contributed by atoms with Crippen molar-refractivity contribution in [3.63, 3.8) is 0 Å². The average molecular weight is 558 g/mol. The maximum absolute atomic E-state index is 6.10. The molecule has 2 aliphatic rings. The Morgan fingerprint density at radius 1 is 1.35 bits per heavy atom. The maximum atomic E-state index is 6.10. The smallest absolute Gasteiger partial charge is 0.193 e. The molecular weight excluding hydrogens is 529 g/mol. The zero-order valence-electron chi connectivity index (χ0n) is 15.3. The van der Waals surface area contributed by atoms with Crippen LogP contribution in [0.2, 0.25) is 0 Å². The molecular formula is C18H29BrIN3O2S. The number of aliphatic imine (C=N–C) groups is 1. The molecule has 2 aliphatic heterocycles. The lowest BCUT2D eigenvalue weighted by Crippen LogP contribution is -2.47. The fourth-order valence-corrected chi connectivity index (χ4v) is 4.78. The predicted octanol–water partition coefficient (Wildman–Crippen LogP) is 4.25. The van der Waals surface area contributed by atoms with Crippen LogP contribution < -0.4 is 5.32 Å². The van der Waals surface area contributed by atoms with Gasteiger partial charge in [-0.2, -0.15) is 0 Å². The average Bonchev–Trinajstić information content (AvgIpc) is 3.07. The summed E-state index contributed by atoms with van der Waals surface area (Å²) in [6.07, 6.45) is 6.39. The van der Waals surface area contributed by atoms with Crippen LogP contribution in [0.3, 0.4) is 0 Å². The fraction of sp³-hybridized carbons (Fsp3) is 0.722. The molecule has 0 saturated carbocycles. The van der Waals surface area contributed by atoms with E-state index in [1.807, 2.05) is 7.05 Å². The van der Waals surface area contributed by atoms with E-state index in [-0.39, 0.29) is 24.0 Å². The summed E-state index contributed by atoms with van der Waals surface area (Å²) in [6, 6.07) is 4.23. The molecule has 148 valence electrons. The van der Waals surface area contributed by atoms with E-state index >= 15 is 0 Å². The Morgan fingerprint density at radius 3 is 2.77 bits per heavy atom. The molecule has 5 nitrogen and oxygen atoms in total. The molecule has 0 radical (unpaired) electrons. The Labute approximate surface area is 186 Å². The first-order valence-electron chi connectivity index (χ1n) is 9.17. The van der Waals surface area contributed by atoms with Gasteiger partial charge in [0.25, 0.3) is 0 Å². The largest absolute Gasteiger partial charge is 0.376 e. The summed E-state index contributed by atoms with van der Waals surface area (Å²) in [5.41, 5.74) is 0. The summed E-state index contributed by atoms with van der Waals surface area (Å²) in [7, 11) is 1.86. The van der Waals surface area contributed by atoms with Gasteiger partial charge in [-0.15, -0.1) is 35.3 Å². The third kappa shape index (κ3) is 6.92. The van der Waals surface area contributed by atoms with Crippen molar-refractivity contribution >= 4 is 57.2 Å². The van der Waals surface area contributed by atoms with Crippen molar-refractivity contribution in [1.82, 2.24) is 10.2 Å². The van der Waals surface area contributed by atoms with Crippen LogP contribution in [0.25, 0.3) is 0 Å². The summed E-state index contributed by atoms with van der Waals surface area (Å²) < 4.78 is 13.0. The van der Waals surface area contributed by atoms with Crippen LogP contribution in [-0.2, 0) is 16.0 Å². The van der Waals surface area contributed by atoms with Gasteiger partial charge in [0.1, 0.15) is 0 Å². The molecule has 26 heavy (non-hydrogen) atoms. The lowest BCUT2D eigenvalue weighted by Gasteiger charge is -2.35. The van der Waals surface area contributed by atoms with Crippen LogP contribution in [-0.4, -0.2) is 56.4 Å². The molecule has 0 aromatic carbocycles. The highest BCUT2D eigenvalue weighted by atomic mass is 127. The molecule has 1 unspecified atom stereocenters. The number of halogens is 2. The first kappa shape index (κ1) is 22.4. The third-order valence-corrected chi connectivity index (χ3v) is 6.42. The number of thiophene rings is 1. The van der Waals surface area contributed by atoms with Crippen molar-refractivity contribution < 1.29 is 9.47 Å². The summed E-state index contributed by atoms with van der Waals surface area (Å²) in [6.45, 7) is 4.45. The van der Waals surface area contributed by atoms with Gasteiger partial charge in [-0.3, -0.25) is 4.99 Å². The Morgan fingerprint density at radius 2 is 2.15 bits per heavy atom. The molecule has 0 aliphatic carbocycles. The predicted molar refractivity (Wildman–Crippen MR) is 122 cm³/mol. The monoisotopic (exact) mass is 557 g/mol. The Bertz CT molecular complexity index is 558. The summed E-state index contributed by atoms with van der Waals surface area (Å²) in [5, 5.41) is 3.47. The van der Waals surface area contributed by atoms with Gasteiger partial charge in [0.15, 0.2) is 5.96 Å². The molecule has 3 heterocycles. The molecule has 0 amide bonds. The van der Waals surface area contributed by atoms with Crippen molar-refractivity contribution in [3.8, 4) is 0 Å². The van der Waals surface area contributed by atoms with Crippen molar-refractivity contribution in [2.24, 2.45) is 4.99 Å². The Balaban J connectivity index is 0.00000243. The van der Waals surface area contributed by atoms with Gasteiger partial charge >= 0.3 is 0 Å². The van der Waals surface area contributed by atoms with Crippen LogP contribution >= 0.6 is 51.2 Å². The van der Waals surface area contributed by atoms with Gasteiger partial charge in [0.2, 0.25) is 0 Å². The number of ether oxygens (including phenoxy) is 2. The SMILES string of the molecule is CN=C(NCc1ccc(Br)s1)N1CCC(OCC2CCCCO2)CC1.I. The van der Waals surface area contributed by atoms with E-state index in [1.165, 1.54) is 21.5 Å². The van der Waals surface area contributed by atoms with E-state index in [9.17, 15) is 0 Å². The molecule has 2 saturated heterocycles. The molecule has 2 fully saturated rings. The lowest BCUT2D eigenvalue weighted by atomic mass is 10.1. The number of nitrogens with zero attached hydrogens (tertiary/aromatic N) is 2.